The van der Waals surface area contributed by atoms with E-state index in [1.807, 2.05) is 36.1 Å². The summed E-state index contributed by atoms with van der Waals surface area (Å²) in [6.45, 7) is 4.24. The summed E-state index contributed by atoms with van der Waals surface area (Å²) in [4.78, 5) is 27.6. The van der Waals surface area contributed by atoms with Gasteiger partial charge in [-0.25, -0.2) is 0 Å². The van der Waals surface area contributed by atoms with Crippen LogP contribution in [0, 0.1) is 18.3 Å². The lowest BCUT2D eigenvalue weighted by Gasteiger charge is -2.28. The van der Waals surface area contributed by atoms with E-state index in [0.717, 1.165) is 31.2 Å². The molecule has 1 atom stereocenters. The van der Waals surface area contributed by atoms with Gasteiger partial charge in [0.1, 0.15) is 0 Å². The van der Waals surface area contributed by atoms with E-state index in [0.29, 0.717) is 31.8 Å². The minimum Gasteiger partial charge on any atom is -0.383 e. The van der Waals surface area contributed by atoms with Gasteiger partial charge >= 0.3 is 0 Å². The number of carbonyl (C=O) groups excluding carboxylic acids is 2. The molecule has 1 unspecified atom stereocenters. The number of nitrogens with one attached hydrogen (secondary N) is 1. The maximum atomic E-state index is 12.9. The quantitative estimate of drug-likeness (QED) is 0.835. The molecule has 1 heterocycles. The zero-order valence-electron chi connectivity index (χ0n) is 15.2. The largest absolute Gasteiger partial charge is 0.383 e. The van der Waals surface area contributed by atoms with Crippen molar-refractivity contribution >= 4 is 11.8 Å². The highest BCUT2D eigenvalue weighted by Gasteiger charge is 2.52. The van der Waals surface area contributed by atoms with Gasteiger partial charge in [0.15, 0.2) is 0 Å². The molecule has 1 aromatic rings. The van der Waals surface area contributed by atoms with Crippen LogP contribution in [0.2, 0.25) is 0 Å². The number of methoxy groups -OCH3 is 1. The second kappa shape index (κ2) is 7.56. The summed E-state index contributed by atoms with van der Waals surface area (Å²) in [5.74, 6) is 0.00118. The fourth-order valence-electron chi connectivity index (χ4n) is 4.43. The first kappa shape index (κ1) is 17.9. The summed E-state index contributed by atoms with van der Waals surface area (Å²) >= 11 is 0. The van der Waals surface area contributed by atoms with Crippen LogP contribution in [-0.4, -0.2) is 50.1 Å². The molecule has 1 aliphatic carbocycles. The summed E-state index contributed by atoms with van der Waals surface area (Å²) in [7, 11) is 1.63. The number of amides is 2. The number of hydrogen-bond acceptors (Lipinski definition) is 3. The van der Waals surface area contributed by atoms with Crippen LogP contribution in [0.4, 0.5) is 0 Å². The molecule has 136 valence electrons. The topological polar surface area (TPSA) is 58.6 Å². The van der Waals surface area contributed by atoms with Gasteiger partial charge < -0.3 is 15.0 Å². The first-order chi connectivity index (χ1) is 12.1. The van der Waals surface area contributed by atoms with Crippen molar-refractivity contribution in [3.05, 3.63) is 35.4 Å². The van der Waals surface area contributed by atoms with Crippen molar-refractivity contribution in [2.24, 2.45) is 11.3 Å². The summed E-state index contributed by atoms with van der Waals surface area (Å²) in [5, 5.41) is 2.98. The third-order valence-electron chi connectivity index (χ3n) is 5.72. The van der Waals surface area contributed by atoms with Gasteiger partial charge in [-0.2, -0.15) is 0 Å². The molecule has 0 radical (unpaired) electrons. The van der Waals surface area contributed by atoms with E-state index in [1.165, 1.54) is 0 Å². The Bertz CT molecular complexity index is 638. The second-order valence-corrected chi connectivity index (χ2v) is 7.46. The van der Waals surface area contributed by atoms with E-state index >= 15 is 0 Å². The molecule has 2 amide bonds. The lowest BCUT2D eigenvalue weighted by molar-refractivity contribution is -0.127. The van der Waals surface area contributed by atoms with Crippen molar-refractivity contribution in [1.82, 2.24) is 10.2 Å². The van der Waals surface area contributed by atoms with Gasteiger partial charge in [-0.05, 0) is 31.9 Å². The number of hydrogen-bond donors (Lipinski definition) is 1. The Kier molecular flexibility index (Phi) is 5.42. The van der Waals surface area contributed by atoms with Crippen LogP contribution >= 0.6 is 0 Å². The second-order valence-electron chi connectivity index (χ2n) is 7.46. The molecule has 1 aromatic carbocycles. The molecule has 1 spiro atoms. The van der Waals surface area contributed by atoms with Gasteiger partial charge in [-0.15, -0.1) is 0 Å². The predicted octanol–water partition coefficient (Wildman–Crippen LogP) is 2.39. The molecule has 1 N–H and O–H groups in total. The number of rotatable bonds is 5. The van der Waals surface area contributed by atoms with Crippen molar-refractivity contribution < 1.29 is 14.3 Å². The van der Waals surface area contributed by atoms with Crippen LogP contribution in [0.15, 0.2) is 24.3 Å². The van der Waals surface area contributed by atoms with Gasteiger partial charge in [0.05, 0.1) is 12.5 Å². The van der Waals surface area contributed by atoms with Crippen LogP contribution in [-0.2, 0) is 9.53 Å². The van der Waals surface area contributed by atoms with Gasteiger partial charge in [-0.1, -0.05) is 30.5 Å². The van der Waals surface area contributed by atoms with Crippen molar-refractivity contribution in [2.75, 3.05) is 33.4 Å². The summed E-state index contributed by atoms with van der Waals surface area (Å²) < 4.78 is 5.02. The highest BCUT2D eigenvalue weighted by atomic mass is 16.5. The van der Waals surface area contributed by atoms with E-state index in [-0.39, 0.29) is 23.1 Å². The van der Waals surface area contributed by atoms with E-state index in [4.69, 9.17) is 4.74 Å². The van der Waals surface area contributed by atoms with Crippen LogP contribution in [0.1, 0.15) is 41.6 Å². The summed E-state index contributed by atoms with van der Waals surface area (Å²) in [6, 6.07) is 7.70. The summed E-state index contributed by atoms with van der Waals surface area (Å²) in [6.07, 6.45) is 4.36. The molecule has 0 bridgehead atoms. The monoisotopic (exact) mass is 344 g/mol. The van der Waals surface area contributed by atoms with Crippen molar-refractivity contribution in [3.63, 3.8) is 0 Å². The normalized spacial score (nSPS) is 21.7. The molecule has 5 heteroatoms. The van der Waals surface area contributed by atoms with Gasteiger partial charge in [0, 0.05) is 37.7 Å². The molecule has 0 aromatic heterocycles. The lowest BCUT2D eigenvalue weighted by Crippen LogP contribution is -2.41. The Labute approximate surface area is 149 Å². The van der Waals surface area contributed by atoms with Gasteiger partial charge in [-0.3, -0.25) is 9.59 Å². The highest BCUT2D eigenvalue weighted by Crippen LogP contribution is 2.49. The Hall–Kier alpha value is -1.88. The first-order valence-electron chi connectivity index (χ1n) is 9.18. The average molecular weight is 344 g/mol. The Morgan fingerprint density at radius 1 is 1.32 bits per heavy atom. The molecular weight excluding hydrogens is 316 g/mol. The smallest absolute Gasteiger partial charge is 0.253 e. The first-order valence-corrected chi connectivity index (χ1v) is 9.18. The zero-order chi connectivity index (χ0) is 17.9. The van der Waals surface area contributed by atoms with Gasteiger partial charge in [0.2, 0.25) is 5.91 Å². The molecule has 1 saturated carbocycles. The zero-order valence-corrected chi connectivity index (χ0v) is 15.2. The Morgan fingerprint density at radius 3 is 2.76 bits per heavy atom. The van der Waals surface area contributed by atoms with E-state index < -0.39 is 0 Å². The maximum Gasteiger partial charge on any atom is 0.253 e. The van der Waals surface area contributed by atoms with E-state index in [9.17, 15) is 9.59 Å². The van der Waals surface area contributed by atoms with Crippen molar-refractivity contribution in [2.45, 2.75) is 32.6 Å². The molecule has 25 heavy (non-hydrogen) atoms. The number of carbonyl (C=O) groups is 2. The van der Waals surface area contributed by atoms with Crippen LogP contribution in [0.3, 0.4) is 0 Å². The van der Waals surface area contributed by atoms with E-state index in [1.54, 1.807) is 7.11 Å². The highest BCUT2D eigenvalue weighted by molar-refractivity contribution is 5.95. The average Bonchev–Trinajstić information content (AvgIpc) is 3.22. The fourth-order valence-corrected chi connectivity index (χ4v) is 4.43. The SMILES string of the molecule is COCCNC(=O)C1CN(C(=O)c2cccc(C)c2)CC12CCCC2. The van der Waals surface area contributed by atoms with E-state index in [2.05, 4.69) is 5.32 Å². The predicted molar refractivity (Wildman–Crippen MR) is 96.4 cm³/mol. The molecule has 2 aliphatic rings. The standard InChI is InChI=1S/C20H28N2O3/c1-15-6-5-7-16(12-15)19(24)22-13-17(18(23)21-10-11-25-2)20(14-22)8-3-4-9-20/h5-7,12,17H,3-4,8-11,13-14H2,1-2H3,(H,21,23). The molecule has 1 aliphatic heterocycles. The van der Waals surface area contributed by atoms with Crippen LogP contribution in [0.5, 0.6) is 0 Å². The third-order valence-corrected chi connectivity index (χ3v) is 5.72. The molecular formula is C20H28N2O3. The fraction of sp³-hybridized carbons (Fsp3) is 0.600. The molecule has 5 nitrogen and oxygen atoms in total. The number of likely N-dealkylation sites (tertiary alicyclic amines) is 1. The third kappa shape index (κ3) is 3.71. The van der Waals surface area contributed by atoms with Crippen molar-refractivity contribution in [3.8, 4) is 0 Å². The summed E-state index contributed by atoms with van der Waals surface area (Å²) in [5.41, 5.74) is 1.75. The number of nitrogens with zero attached hydrogens (tertiary/aromatic N) is 1. The molecule has 2 fully saturated rings. The van der Waals surface area contributed by atoms with Crippen LogP contribution < -0.4 is 5.32 Å². The maximum absolute atomic E-state index is 12.9. The van der Waals surface area contributed by atoms with Gasteiger partial charge in [0.25, 0.3) is 5.91 Å². The minimum atomic E-state index is -0.111. The number of benzene rings is 1. The lowest BCUT2D eigenvalue weighted by atomic mass is 9.76. The Morgan fingerprint density at radius 2 is 2.08 bits per heavy atom. The number of aryl methyl sites for hydroxylation is 1. The minimum absolute atomic E-state index is 0.0437. The molecule has 3 rings (SSSR count). The Balaban J connectivity index is 1.75. The van der Waals surface area contributed by atoms with Crippen LogP contribution in [0.25, 0.3) is 0 Å². The van der Waals surface area contributed by atoms with Crippen molar-refractivity contribution in [1.29, 1.82) is 0 Å². The molecule has 1 saturated heterocycles. The number of ether oxygens (including phenoxy) is 1.